The summed E-state index contributed by atoms with van der Waals surface area (Å²) in [6, 6.07) is 19.5. The highest BCUT2D eigenvalue weighted by Gasteiger charge is 2.15. The van der Waals surface area contributed by atoms with E-state index in [1.165, 1.54) is 0 Å². The lowest BCUT2D eigenvalue weighted by Gasteiger charge is -2.09. The molecule has 0 saturated carbocycles. The minimum Gasteiger partial charge on any atom is -0.466 e. The molecule has 0 atom stereocenters. The third-order valence-electron chi connectivity index (χ3n) is 3.43. The predicted octanol–water partition coefficient (Wildman–Crippen LogP) is 3.31. The smallest absolute Gasteiger partial charge is 0.313 e. The molecule has 0 unspecified atom stereocenters. The average Bonchev–Trinajstić information content (AvgIpc) is 2.63. The van der Waals surface area contributed by atoms with E-state index in [1.807, 2.05) is 60.7 Å². The van der Waals surface area contributed by atoms with Crippen LogP contribution in [0.15, 0.2) is 60.7 Å². The van der Waals surface area contributed by atoms with Gasteiger partial charge in [0, 0.05) is 11.1 Å². The van der Waals surface area contributed by atoms with E-state index in [-0.39, 0.29) is 12.4 Å². The number of aromatic nitrogens is 3. The number of esters is 1. The number of hydrogen-bond acceptors (Lipinski definition) is 5. The van der Waals surface area contributed by atoms with Gasteiger partial charge in [0.15, 0.2) is 5.82 Å². The maximum absolute atomic E-state index is 11.7. The van der Waals surface area contributed by atoms with Crippen molar-refractivity contribution in [3.63, 3.8) is 0 Å². The first-order valence-electron chi connectivity index (χ1n) is 7.78. The Morgan fingerprint density at radius 3 is 2.04 bits per heavy atom. The van der Waals surface area contributed by atoms with Crippen LogP contribution < -0.4 is 0 Å². The van der Waals surface area contributed by atoms with Gasteiger partial charge >= 0.3 is 5.97 Å². The lowest BCUT2D eigenvalue weighted by molar-refractivity contribution is -0.142. The van der Waals surface area contributed by atoms with E-state index in [0.717, 1.165) is 11.1 Å². The zero-order valence-corrected chi connectivity index (χ0v) is 13.3. The Labute approximate surface area is 140 Å². The molecule has 3 rings (SSSR count). The lowest BCUT2D eigenvalue weighted by Crippen LogP contribution is -2.12. The molecule has 0 fully saturated rings. The molecule has 1 aromatic heterocycles. The normalized spacial score (nSPS) is 10.4. The molecule has 5 heteroatoms. The molecule has 24 heavy (non-hydrogen) atoms. The van der Waals surface area contributed by atoms with E-state index in [1.54, 1.807) is 6.92 Å². The van der Waals surface area contributed by atoms with Crippen molar-refractivity contribution in [2.24, 2.45) is 0 Å². The van der Waals surface area contributed by atoms with Crippen LogP contribution in [0, 0.1) is 0 Å². The maximum atomic E-state index is 11.7. The van der Waals surface area contributed by atoms with Gasteiger partial charge in [-0.25, -0.2) is 4.98 Å². The van der Waals surface area contributed by atoms with Crippen molar-refractivity contribution >= 4 is 5.97 Å². The Balaban J connectivity index is 2.05. The van der Waals surface area contributed by atoms with Crippen molar-refractivity contribution in [2.45, 2.75) is 13.3 Å². The van der Waals surface area contributed by atoms with Crippen molar-refractivity contribution in [1.29, 1.82) is 0 Å². The summed E-state index contributed by atoms with van der Waals surface area (Å²) in [5.74, 6) is -0.00208. The molecular weight excluding hydrogens is 302 g/mol. The fourth-order valence-corrected chi connectivity index (χ4v) is 2.36. The average molecular weight is 319 g/mol. The number of benzene rings is 2. The van der Waals surface area contributed by atoms with Gasteiger partial charge in [-0.05, 0) is 6.92 Å². The molecule has 1 heterocycles. The van der Waals surface area contributed by atoms with Crippen LogP contribution in [0.4, 0.5) is 0 Å². The summed E-state index contributed by atoms with van der Waals surface area (Å²) in [4.78, 5) is 16.3. The molecule has 0 aliphatic rings. The quantitative estimate of drug-likeness (QED) is 0.675. The number of carbonyl (C=O) groups excluding carboxylic acids is 1. The van der Waals surface area contributed by atoms with E-state index < -0.39 is 0 Å². The largest absolute Gasteiger partial charge is 0.466 e. The molecular formula is C19H17N3O2. The standard InChI is InChI=1S/C19H17N3O2/c1-2-24-17(23)13-16-20-18(14-9-5-3-6-10-14)19(22-21-16)15-11-7-4-8-12-15/h3-12H,2,13H2,1H3. The number of rotatable bonds is 5. The highest BCUT2D eigenvalue weighted by atomic mass is 16.5. The third kappa shape index (κ3) is 3.63. The first-order chi connectivity index (χ1) is 11.8. The number of hydrogen-bond donors (Lipinski definition) is 0. The molecule has 120 valence electrons. The molecule has 2 aromatic carbocycles. The zero-order chi connectivity index (χ0) is 16.8. The molecule has 0 spiro atoms. The van der Waals surface area contributed by atoms with Crippen LogP contribution in [0.1, 0.15) is 12.7 Å². The Bertz CT molecular complexity index is 821. The van der Waals surface area contributed by atoms with Crippen LogP contribution in [0.25, 0.3) is 22.5 Å². The molecule has 0 radical (unpaired) electrons. The van der Waals surface area contributed by atoms with Crippen molar-refractivity contribution in [2.75, 3.05) is 6.61 Å². The predicted molar refractivity (Wildman–Crippen MR) is 91.0 cm³/mol. The minimum absolute atomic E-state index is 0.00967. The number of nitrogens with zero attached hydrogens (tertiary/aromatic N) is 3. The highest BCUT2D eigenvalue weighted by Crippen LogP contribution is 2.27. The van der Waals surface area contributed by atoms with Gasteiger partial charge in [0.1, 0.15) is 17.8 Å². The van der Waals surface area contributed by atoms with E-state index in [2.05, 4.69) is 15.2 Å². The van der Waals surface area contributed by atoms with Crippen LogP contribution in [0.2, 0.25) is 0 Å². The summed E-state index contributed by atoms with van der Waals surface area (Å²) in [5, 5.41) is 8.42. The van der Waals surface area contributed by atoms with Crippen LogP contribution in [-0.4, -0.2) is 27.8 Å². The van der Waals surface area contributed by atoms with Gasteiger partial charge in [-0.2, -0.15) is 0 Å². The van der Waals surface area contributed by atoms with Gasteiger partial charge < -0.3 is 4.74 Å². The topological polar surface area (TPSA) is 65.0 Å². The van der Waals surface area contributed by atoms with Crippen LogP contribution in [0.3, 0.4) is 0 Å². The lowest BCUT2D eigenvalue weighted by atomic mass is 10.0. The fourth-order valence-electron chi connectivity index (χ4n) is 2.36. The Hall–Kier alpha value is -3.08. The third-order valence-corrected chi connectivity index (χ3v) is 3.43. The minimum atomic E-state index is -0.356. The summed E-state index contributed by atoms with van der Waals surface area (Å²) in [5.41, 5.74) is 3.25. The summed E-state index contributed by atoms with van der Waals surface area (Å²) in [6.07, 6.45) is 0.00967. The first kappa shape index (κ1) is 15.8. The van der Waals surface area contributed by atoms with Crippen molar-refractivity contribution in [3.05, 3.63) is 66.5 Å². The maximum Gasteiger partial charge on any atom is 0.313 e. The van der Waals surface area contributed by atoms with Crippen LogP contribution in [0.5, 0.6) is 0 Å². The number of ether oxygens (including phenoxy) is 1. The summed E-state index contributed by atoms with van der Waals surface area (Å²) in [7, 11) is 0. The molecule has 5 nitrogen and oxygen atoms in total. The summed E-state index contributed by atoms with van der Waals surface area (Å²) < 4.78 is 4.96. The van der Waals surface area contributed by atoms with Gasteiger partial charge in [-0.1, -0.05) is 60.7 Å². The van der Waals surface area contributed by atoms with Crippen molar-refractivity contribution in [3.8, 4) is 22.5 Å². The molecule has 0 amide bonds. The van der Waals surface area contributed by atoms with Crippen molar-refractivity contribution < 1.29 is 9.53 Å². The van der Waals surface area contributed by atoms with Gasteiger partial charge in [-0.3, -0.25) is 4.79 Å². The Kier molecular flexibility index (Phi) is 4.91. The second kappa shape index (κ2) is 7.46. The van der Waals surface area contributed by atoms with E-state index in [0.29, 0.717) is 23.8 Å². The Morgan fingerprint density at radius 2 is 1.46 bits per heavy atom. The van der Waals surface area contributed by atoms with E-state index >= 15 is 0 Å². The molecule has 0 aliphatic heterocycles. The highest BCUT2D eigenvalue weighted by molar-refractivity contribution is 5.78. The van der Waals surface area contributed by atoms with Crippen LogP contribution in [-0.2, 0) is 16.0 Å². The van der Waals surface area contributed by atoms with Gasteiger partial charge in [0.2, 0.25) is 0 Å². The van der Waals surface area contributed by atoms with Crippen LogP contribution >= 0.6 is 0 Å². The summed E-state index contributed by atoms with van der Waals surface area (Å²) >= 11 is 0. The SMILES string of the molecule is CCOC(=O)Cc1nnc(-c2ccccc2)c(-c2ccccc2)n1. The van der Waals surface area contributed by atoms with Crippen molar-refractivity contribution in [1.82, 2.24) is 15.2 Å². The second-order valence-corrected chi connectivity index (χ2v) is 5.14. The molecule has 0 bridgehead atoms. The molecule has 0 saturated heterocycles. The molecule has 0 N–H and O–H groups in total. The van der Waals surface area contributed by atoms with E-state index in [9.17, 15) is 4.79 Å². The van der Waals surface area contributed by atoms with E-state index in [4.69, 9.17) is 4.74 Å². The molecule has 3 aromatic rings. The van der Waals surface area contributed by atoms with Gasteiger partial charge in [-0.15, -0.1) is 10.2 Å². The molecule has 0 aliphatic carbocycles. The fraction of sp³-hybridized carbons (Fsp3) is 0.158. The van der Waals surface area contributed by atoms with Gasteiger partial charge in [0.05, 0.1) is 6.61 Å². The monoisotopic (exact) mass is 319 g/mol. The summed E-state index contributed by atoms with van der Waals surface area (Å²) in [6.45, 7) is 2.10. The first-order valence-corrected chi connectivity index (χ1v) is 7.78. The second-order valence-electron chi connectivity index (χ2n) is 5.14. The van der Waals surface area contributed by atoms with Gasteiger partial charge in [0.25, 0.3) is 0 Å². The zero-order valence-electron chi connectivity index (χ0n) is 13.3. The number of carbonyl (C=O) groups is 1. The Morgan fingerprint density at radius 1 is 0.875 bits per heavy atom.